The number of ether oxygens (including phenoxy) is 3. The van der Waals surface area contributed by atoms with Gasteiger partial charge in [0.15, 0.2) is 0 Å². The summed E-state index contributed by atoms with van der Waals surface area (Å²) in [6.45, 7) is 8.22. The van der Waals surface area contributed by atoms with Gasteiger partial charge in [0.2, 0.25) is 11.8 Å². The molecule has 1 atom stereocenters. The highest BCUT2D eigenvalue weighted by atomic mass is 16.5. The van der Waals surface area contributed by atoms with Crippen LogP contribution in [0.1, 0.15) is 97.6 Å². The van der Waals surface area contributed by atoms with Crippen LogP contribution in [0.15, 0.2) is 30.3 Å². The lowest BCUT2D eigenvalue weighted by Crippen LogP contribution is -2.22. The van der Waals surface area contributed by atoms with Crippen molar-refractivity contribution in [1.29, 1.82) is 0 Å². The van der Waals surface area contributed by atoms with Crippen molar-refractivity contribution in [3.63, 3.8) is 0 Å². The second kappa shape index (κ2) is 13.1. The van der Waals surface area contributed by atoms with E-state index >= 15 is 0 Å². The van der Waals surface area contributed by atoms with E-state index in [1.165, 1.54) is 14.2 Å². The van der Waals surface area contributed by atoms with E-state index in [2.05, 4.69) is 12.2 Å². The molecule has 1 unspecified atom stereocenters. The van der Waals surface area contributed by atoms with Gasteiger partial charge in [-0.05, 0) is 47.1 Å². The van der Waals surface area contributed by atoms with E-state index in [1.807, 2.05) is 26.8 Å². The highest BCUT2D eigenvalue weighted by Crippen LogP contribution is 2.39. The highest BCUT2D eigenvalue weighted by molar-refractivity contribution is 5.97. The van der Waals surface area contributed by atoms with Gasteiger partial charge in [-0.2, -0.15) is 0 Å². The first-order chi connectivity index (χ1) is 17.5. The normalized spacial score (nSPS) is 12.0. The molecule has 2 rings (SSSR count). The SMILES string of the molecule is CCCCCC(CC(=O)Nc1cc(C(N)=O)ccc1C(C)(C)C)c1cc(C(=O)OC)c(OC)cc1OC. The lowest BCUT2D eigenvalue weighted by Gasteiger charge is -2.25. The van der Waals surface area contributed by atoms with Crippen LogP contribution in [0.2, 0.25) is 0 Å². The molecule has 0 heterocycles. The van der Waals surface area contributed by atoms with Crippen molar-refractivity contribution in [2.24, 2.45) is 5.73 Å². The van der Waals surface area contributed by atoms with E-state index in [0.717, 1.165) is 36.8 Å². The summed E-state index contributed by atoms with van der Waals surface area (Å²) < 4.78 is 16.0. The van der Waals surface area contributed by atoms with E-state index in [4.69, 9.17) is 19.9 Å². The Morgan fingerprint density at radius 2 is 1.65 bits per heavy atom. The minimum absolute atomic E-state index is 0.150. The molecule has 0 aliphatic carbocycles. The summed E-state index contributed by atoms with van der Waals surface area (Å²) in [7, 11) is 4.33. The Labute approximate surface area is 219 Å². The summed E-state index contributed by atoms with van der Waals surface area (Å²) in [5.41, 5.74) is 7.99. The molecule has 8 nitrogen and oxygen atoms in total. The molecular weight excluding hydrogens is 472 g/mol. The number of esters is 1. The van der Waals surface area contributed by atoms with Crippen LogP contribution in [0.4, 0.5) is 5.69 Å². The third-order valence-electron chi connectivity index (χ3n) is 6.37. The number of primary amides is 1. The van der Waals surface area contributed by atoms with Crippen LogP contribution < -0.4 is 20.5 Å². The van der Waals surface area contributed by atoms with Crippen LogP contribution in [0.25, 0.3) is 0 Å². The molecule has 8 heteroatoms. The molecule has 2 aromatic carbocycles. The maximum atomic E-state index is 13.4. The topological polar surface area (TPSA) is 117 Å². The number of anilines is 1. The van der Waals surface area contributed by atoms with Crippen molar-refractivity contribution < 1.29 is 28.6 Å². The van der Waals surface area contributed by atoms with Gasteiger partial charge in [0.05, 0.1) is 21.3 Å². The quantitative estimate of drug-likeness (QED) is 0.283. The molecule has 0 bridgehead atoms. The van der Waals surface area contributed by atoms with E-state index in [-0.39, 0.29) is 29.2 Å². The molecule has 37 heavy (non-hydrogen) atoms. The summed E-state index contributed by atoms with van der Waals surface area (Å²) in [5, 5.41) is 3.01. The Morgan fingerprint density at radius 3 is 2.19 bits per heavy atom. The summed E-state index contributed by atoms with van der Waals surface area (Å²) in [6, 6.07) is 8.46. The van der Waals surface area contributed by atoms with Gasteiger partial charge >= 0.3 is 5.97 Å². The number of amides is 2. The molecule has 0 fully saturated rings. The first kappa shape index (κ1) is 29.7. The minimum atomic E-state index is -0.563. The number of benzene rings is 2. The van der Waals surface area contributed by atoms with Crippen LogP contribution in [-0.2, 0) is 14.9 Å². The third-order valence-corrected chi connectivity index (χ3v) is 6.37. The van der Waals surface area contributed by atoms with Crippen molar-refractivity contribution >= 4 is 23.5 Å². The Hall–Kier alpha value is -3.55. The van der Waals surface area contributed by atoms with Crippen LogP contribution in [0, 0.1) is 0 Å². The van der Waals surface area contributed by atoms with E-state index in [9.17, 15) is 14.4 Å². The number of nitrogens with two attached hydrogens (primary N) is 1. The Morgan fingerprint density at radius 1 is 0.973 bits per heavy atom. The second-order valence-electron chi connectivity index (χ2n) is 10.1. The number of hydrogen-bond donors (Lipinski definition) is 2. The number of carbonyl (C=O) groups is 3. The molecule has 2 amide bonds. The number of unbranched alkanes of at least 4 members (excludes halogenated alkanes) is 2. The van der Waals surface area contributed by atoms with Crippen molar-refractivity contribution in [1.82, 2.24) is 0 Å². The fourth-order valence-corrected chi connectivity index (χ4v) is 4.40. The van der Waals surface area contributed by atoms with Crippen molar-refractivity contribution in [3.8, 4) is 11.5 Å². The van der Waals surface area contributed by atoms with Gasteiger partial charge in [0.1, 0.15) is 17.1 Å². The average molecular weight is 513 g/mol. The summed E-state index contributed by atoms with van der Waals surface area (Å²) in [6.07, 6.45) is 3.81. The van der Waals surface area contributed by atoms with Crippen molar-refractivity contribution in [2.75, 3.05) is 26.6 Å². The van der Waals surface area contributed by atoms with Gasteiger partial charge in [0, 0.05) is 23.7 Å². The fourth-order valence-electron chi connectivity index (χ4n) is 4.40. The van der Waals surface area contributed by atoms with E-state index < -0.39 is 11.9 Å². The number of methoxy groups -OCH3 is 3. The highest BCUT2D eigenvalue weighted by Gasteiger charge is 2.26. The van der Waals surface area contributed by atoms with Gasteiger partial charge in [-0.15, -0.1) is 0 Å². The number of nitrogens with one attached hydrogen (secondary N) is 1. The molecule has 0 radical (unpaired) electrons. The molecule has 0 aromatic heterocycles. The molecule has 0 aliphatic heterocycles. The second-order valence-corrected chi connectivity index (χ2v) is 10.1. The van der Waals surface area contributed by atoms with Gasteiger partial charge in [-0.25, -0.2) is 4.79 Å². The summed E-state index contributed by atoms with van der Waals surface area (Å²) in [5.74, 6) is -0.672. The standard InChI is InChI=1S/C29H40N2O6/c1-8-9-10-11-18(20-16-21(28(34)37-7)25(36-6)17-24(20)35-5)15-26(32)31-23-14-19(27(30)33)12-13-22(23)29(2,3)4/h12-14,16-18H,8-11,15H2,1-7H3,(H2,30,33)(H,31,32). The van der Waals surface area contributed by atoms with E-state index in [1.54, 1.807) is 31.4 Å². The Balaban J connectivity index is 2.48. The summed E-state index contributed by atoms with van der Waals surface area (Å²) in [4.78, 5) is 37.6. The lowest BCUT2D eigenvalue weighted by atomic mass is 9.84. The minimum Gasteiger partial charge on any atom is -0.496 e. The molecule has 2 aromatic rings. The maximum Gasteiger partial charge on any atom is 0.341 e. The molecule has 0 saturated heterocycles. The van der Waals surface area contributed by atoms with Crippen molar-refractivity contribution in [2.45, 2.75) is 71.1 Å². The lowest BCUT2D eigenvalue weighted by molar-refractivity contribution is -0.116. The van der Waals surface area contributed by atoms with Gasteiger partial charge in [-0.3, -0.25) is 9.59 Å². The molecule has 202 valence electrons. The zero-order chi connectivity index (χ0) is 27.8. The summed E-state index contributed by atoms with van der Waals surface area (Å²) >= 11 is 0. The van der Waals surface area contributed by atoms with E-state index in [0.29, 0.717) is 22.7 Å². The van der Waals surface area contributed by atoms with Gasteiger partial charge in [0.25, 0.3) is 0 Å². The Bertz CT molecular complexity index is 1120. The Kier molecular flexibility index (Phi) is 10.5. The maximum absolute atomic E-state index is 13.4. The van der Waals surface area contributed by atoms with Crippen LogP contribution in [0.3, 0.4) is 0 Å². The molecule has 0 saturated carbocycles. The van der Waals surface area contributed by atoms with Gasteiger partial charge in [-0.1, -0.05) is 53.0 Å². The predicted octanol–water partition coefficient (Wildman–Crippen LogP) is 5.58. The molecular formula is C29H40N2O6. The van der Waals surface area contributed by atoms with Gasteiger partial charge < -0.3 is 25.3 Å². The first-order valence-corrected chi connectivity index (χ1v) is 12.5. The first-order valence-electron chi connectivity index (χ1n) is 12.5. The zero-order valence-corrected chi connectivity index (χ0v) is 23.0. The largest absolute Gasteiger partial charge is 0.496 e. The van der Waals surface area contributed by atoms with Crippen LogP contribution in [-0.4, -0.2) is 39.1 Å². The smallest absolute Gasteiger partial charge is 0.341 e. The molecule has 3 N–H and O–H groups in total. The van der Waals surface area contributed by atoms with Crippen molar-refractivity contribution in [3.05, 3.63) is 52.6 Å². The van der Waals surface area contributed by atoms with Crippen LogP contribution >= 0.6 is 0 Å². The molecule has 0 aliphatic rings. The molecule has 0 spiro atoms. The zero-order valence-electron chi connectivity index (χ0n) is 23.0. The number of carbonyl (C=O) groups excluding carboxylic acids is 3. The predicted molar refractivity (Wildman–Crippen MR) is 145 cm³/mol. The average Bonchev–Trinajstić information content (AvgIpc) is 2.86. The van der Waals surface area contributed by atoms with Crippen LogP contribution in [0.5, 0.6) is 11.5 Å². The number of hydrogen-bond acceptors (Lipinski definition) is 6. The number of rotatable bonds is 12. The monoisotopic (exact) mass is 512 g/mol. The third kappa shape index (κ3) is 7.71. The fraction of sp³-hybridized carbons (Fsp3) is 0.483.